The Morgan fingerprint density at radius 2 is 2.19 bits per heavy atom. The summed E-state index contributed by atoms with van der Waals surface area (Å²) in [6.45, 7) is 0.839. The highest BCUT2D eigenvalue weighted by molar-refractivity contribution is 6.32. The molecule has 5 heteroatoms. The maximum atomic E-state index is 13.5. The highest BCUT2D eigenvalue weighted by atomic mass is 35.5. The number of fused-ring (bicyclic) bond motifs is 1. The Kier molecular flexibility index (Phi) is 2.70. The number of alkyl halides is 2. The van der Waals surface area contributed by atoms with Crippen LogP contribution in [0.2, 0.25) is 5.02 Å². The van der Waals surface area contributed by atoms with Gasteiger partial charge in [-0.05, 0) is 12.1 Å². The summed E-state index contributed by atoms with van der Waals surface area (Å²) in [7, 11) is 1.40. The first-order valence-electron chi connectivity index (χ1n) is 4.84. The van der Waals surface area contributed by atoms with Crippen LogP contribution in [0.25, 0.3) is 0 Å². The van der Waals surface area contributed by atoms with Gasteiger partial charge in [0.15, 0.2) is 6.61 Å². The molecule has 0 bridgehead atoms. The standard InChI is InChI=1S/C11H11ClF2O2/c1-6-9-8(16-5-11(6,13)14)4-3-7(12)10(9)15-2/h3-4,6H,5H2,1-2H3. The van der Waals surface area contributed by atoms with E-state index in [4.69, 9.17) is 21.1 Å². The minimum atomic E-state index is -2.90. The fourth-order valence-electron chi connectivity index (χ4n) is 1.81. The number of halogens is 3. The third-order valence-corrected chi connectivity index (χ3v) is 3.10. The topological polar surface area (TPSA) is 18.5 Å². The zero-order valence-corrected chi connectivity index (χ0v) is 9.65. The molecule has 1 atom stereocenters. The molecule has 0 aromatic heterocycles. The van der Waals surface area contributed by atoms with Gasteiger partial charge < -0.3 is 9.47 Å². The van der Waals surface area contributed by atoms with Crippen molar-refractivity contribution in [3.8, 4) is 11.5 Å². The van der Waals surface area contributed by atoms with Crippen molar-refractivity contribution in [1.82, 2.24) is 0 Å². The molecule has 1 aromatic rings. The van der Waals surface area contributed by atoms with Gasteiger partial charge in [0.1, 0.15) is 11.5 Å². The van der Waals surface area contributed by atoms with Gasteiger partial charge in [0.2, 0.25) is 0 Å². The number of benzene rings is 1. The molecule has 1 aliphatic rings. The summed E-state index contributed by atoms with van der Waals surface area (Å²) in [4.78, 5) is 0. The van der Waals surface area contributed by atoms with Crippen LogP contribution in [0.4, 0.5) is 8.78 Å². The number of ether oxygens (including phenoxy) is 2. The Bertz CT molecular complexity index is 421. The van der Waals surface area contributed by atoms with Crippen molar-refractivity contribution in [3.63, 3.8) is 0 Å². The van der Waals surface area contributed by atoms with E-state index in [1.165, 1.54) is 14.0 Å². The Balaban J connectivity index is 2.60. The summed E-state index contributed by atoms with van der Waals surface area (Å²) in [5.41, 5.74) is 0.339. The first-order chi connectivity index (χ1) is 7.47. The molecule has 0 fully saturated rings. The molecule has 0 spiro atoms. The Morgan fingerprint density at radius 3 is 2.81 bits per heavy atom. The highest BCUT2D eigenvalue weighted by Crippen LogP contribution is 2.48. The Hall–Kier alpha value is -1.03. The Morgan fingerprint density at radius 1 is 1.50 bits per heavy atom. The smallest absolute Gasteiger partial charge is 0.288 e. The molecule has 1 aromatic carbocycles. The van der Waals surface area contributed by atoms with Crippen LogP contribution in [-0.4, -0.2) is 19.6 Å². The van der Waals surface area contributed by atoms with Crippen LogP contribution in [0.5, 0.6) is 11.5 Å². The van der Waals surface area contributed by atoms with Gasteiger partial charge in [-0.1, -0.05) is 18.5 Å². The number of hydrogen-bond acceptors (Lipinski definition) is 2. The molecule has 88 valence electrons. The van der Waals surface area contributed by atoms with Gasteiger partial charge in [-0.2, -0.15) is 0 Å². The third-order valence-electron chi connectivity index (χ3n) is 2.80. The van der Waals surface area contributed by atoms with Gasteiger partial charge in [-0.3, -0.25) is 0 Å². The SMILES string of the molecule is COc1c(Cl)ccc2c1C(C)C(F)(F)CO2. The van der Waals surface area contributed by atoms with E-state index in [0.717, 1.165) is 0 Å². The van der Waals surface area contributed by atoms with Crippen LogP contribution in [0.3, 0.4) is 0 Å². The molecule has 2 rings (SSSR count). The maximum absolute atomic E-state index is 13.5. The molecular weight excluding hydrogens is 238 g/mol. The van der Waals surface area contributed by atoms with Crippen LogP contribution in [0.15, 0.2) is 12.1 Å². The summed E-state index contributed by atoms with van der Waals surface area (Å²) in [6, 6.07) is 3.17. The lowest BCUT2D eigenvalue weighted by molar-refractivity contribution is -0.0728. The zero-order valence-electron chi connectivity index (χ0n) is 8.89. The summed E-state index contributed by atoms with van der Waals surface area (Å²) < 4.78 is 37.1. The van der Waals surface area contributed by atoms with Gasteiger partial charge in [0.25, 0.3) is 5.92 Å². The molecule has 0 N–H and O–H groups in total. The minimum Gasteiger partial charge on any atom is -0.495 e. The summed E-state index contributed by atoms with van der Waals surface area (Å²) in [5.74, 6) is -3.18. The van der Waals surface area contributed by atoms with E-state index in [2.05, 4.69) is 0 Å². The van der Waals surface area contributed by atoms with E-state index in [1.807, 2.05) is 0 Å². The highest BCUT2D eigenvalue weighted by Gasteiger charge is 2.45. The summed E-state index contributed by atoms with van der Waals surface area (Å²) in [6.07, 6.45) is 0. The molecule has 16 heavy (non-hydrogen) atoms. The van der Waals surface area contributed by atoms with Crippen LogP contribution < -0.4 is 9.47 Å². The van der Waals surface area contributed by atoms with Gasteiger partial charge in [0.05, 0.1) is 18.1 Å². The van der Waals surface area contributed by atoms with Crippen LogP contribution in [0.1, 0.15) is 18.4 Å². The van der Waals surface area contributed by atoms with Crippen molar-refractivity contribution in [2.75, 3.05) is 13.7 Å². The average Bonchev–Trinajstić information content (AvgIpc) is 2.24. The van der Waals surface area contributed by atoms with Gasteiger partial charge in [0, 0.05) is 5.56 Å². The third kappa shape index (κ3) is 1.61. The average molecular weight is 249 g/mol. The molecule has 0 aliphatic carbocycles. The van der Waals surface area contributed by atoms with E-state index in [1.54, 1.807) is 12.1 Å². The lowest BCUT2D eigenvalue weighted by Gasteiger charge is -2.32. The molecule has 2 nitrogen and oxygen atoms in total. The minimum absolute atomic E-state index is 0.269. The van der Waals surface area contributed by atoms with Crippen LogP contribution >= 0.6 is 11.6 Å². The van der Waals surface area contributed by atoms with E-state index < -0.39 is 18.4 Å². The van der Waals surface area contributed by atoms with Crippen molar-refractivity contribution >= 4 is 11.6 Å². The first kappa shape index (κ1) is 11.5. The quantitative estimate of drug-likeness (QED) is 0.758. The predicted octanol–water partition coefficient (Wildman–Crippen LogP) is 3.48. The number of rotatable bonds is 1. The van der Waals surface area contributed by atoms with Crippen LogP contribution in [0, 0.1) is 0 Å². The normalized spacial score (nSPS) is 22.2. The molecule has 0 saturated carbocycles. The molecule has 1 heterocycles. The second-order valence-electron chi connectivity index (χ2n) is 3.76. The molecule has 0 amide bonds. The lowest BCUT2D eigenvalue weighted by atomic mass is 9.91. The second kappa shape index (κ2) is 3.77. The van der Waals surface area contributed by atoms with E-state index in [-0.39, 0.29) is 5.75 Å². The fraction of sp³-hybridized carbons (Fsp3) is 0.455. The predicted molar refractivity (Wildman–Crippen MR) is 56.9 cm³/mol. The van der Waals surface area contributed by atoms with E-state index >= 15 is 0 Å². The molecule has 0 saturated heterocycles. The van der Waals surface area contributed by atoms with Crippen molar-refractivity contribution < 1.29 is 18.3 Å². The molecule has 1 unspecified atom stereocenters. The number of hydrogen-bond donors (Lipinski definition) is 0. The van der Waals surface area contributed by atoms with Crippen molar-refractivity contribution in [2.45, 2.75) is 18.8 Å². The molecular formula is C11H11ClF2O2. The number of methoxy groups -OCH3 is 1. The van der Waals surface area contributed by atoms with E-state index in [0.29, 0.717) is 16.3 Å². The van der Waals surface area contributed by atoms with Crippen molar-refractivity contribution in [3.05, 3.63) is 22.7 Å². The van der Waals surface area contributed by atoms with Crippen molar-refractivity contribution in [1.29, 1.82) is 0 Å². The summed E-state index contributed by atoms with van der Waals surface area (Å²) in [5, 5.41) is 0.314. The molecule has 1 aliphatic heterocycles. The van der Waals surface area contributed by atoms with Crippen LogP contribution in [-0.2, 0) is 0 Å². The maximum Gasteiger partial charge on any atom is 0.288 e. The molecule has 0 radical (unpaired) electrons. The van der Waals surface area contributed by atoms with Crippen molar-refractivity contribution in [2.24, 2.45) is 0 Å². The van der Waals surface area contributed by atoms with Gasteiger partial charge in [-0.25, -0.2) is 8.78 Å². The zero-order chi connectivity index (χ0) is 11.9. The van der Waals surface area contributed by atoms with Gasteiger partial charge in [-0.15, -0.1) is 0 Å². The fourth-order valence-corrected chi connectivity index (χ4v) is 2.05. The largest absolute Gasteiger partial charge is 0.495 e. The van der Waals surface area contributed by atoms with Gasteiger partial charge >= 0.3 is 0 Å². The lowest BCUT2D eigenvalue weighted by Crippen LogP contribution is -2.36. The Labute approximate surface area is 97.1 Å². The second-order valence-corrected chi connectivity index (χ2v) is 4.17. The summed E-state index contributed by atoms with van der Waals surface area (Å²) >= 11 is 5.89. The van der Waals surface area contributed by atoms with E-state index in [9.17, 15) is 8.78 Å². The first-order valence-corrected chi connectivity index (χ1v) is 5.22. The monoisotopic (exact) mass is 248 g/mol.